The molecular formula is C14H16NP. The van der Waals surface area contributed by atoms with E-state index in [-0.39, 0.29) is 0 Å². The molecule has 16 heavy (non-hydrogen) atoms. The molecule has 0 amide bonds. The zero-order valence-electron chi connectivity index (χ0n) is 9.19. The summed E-state index contributed by atoms with van der Waals surface area (Å²) < 4.78 is 0. The summed E-state index contributed by atoms with van der Waals surface area (Å²) in [4.78, 5) is 0. The summed E-state index contributed by atoms with van der Waals surface area (Å²) >= 11 is 0. The first-order valence-electron chi connectivity index (χ1n) is 5.46. The zero-order chi connectivity index (χ0) is 11.2. The van der Waals surface area contributed by atoms with Gasteiger partial charge in [-0.05, 0) is 22.6 Å². The Morgan fingerprint density at radius 3 is 2.31 bits per heavy atom. The quantitative estimate of drug-likeness (QED) is 0.801. The van der Waals surface area contributed by atoms with Gasteiger partial charge in [0.15, 0.2) is 0 Å². The Labute approximate surface area is 98.5 Å². The molecule has 0 bridgehead atoms. The van der Waals surface area contributed by atoms with Crippen molar-refractivity contribution in [3.05, 3.63) is 65.7 Å². The van der Waals surface area contributed by atoms with Gasteiger partial charge in [-0.3, -0.25) is 0 Å². The normalized spacial score (nSPS) is 11.1. The maximum absolute atomic E-state index is 5.72. The summed E-state index contributed by atoms with van der Waals surface area (Å²) in [6, 6.07) is 19.0. The molecule has 0 saturated heterocycles. The molecular weight excluding hydrogens is 213 g/mol. The lowest BCUT2D eigenvalue weighted by Crippen LogP contribution is -2.08. The molecule has 2 aromatic rings. The summed E-state index contributed by atoms with van der Waals surface area (Å²) in [5.41, 5.74) is 8.39. The van der Waals surface area contributed by atoms with Gasteiger partial charge in [-0.1, -0.05) is 63.2 Å². The molecule has 2 N–H and O–H groups in total. The standard InChI is InChI=1S/C14H16NP/c15-10-13-8-4-5-9-14(13)16-11-12-6-2-1-3-7-12/h1-9,16H,10-11,15H2. The highest BCUT2D eigenvalue weighted by molar-refractivity contribution is 7.46. The maximum atomic E-state index is 5.72. The molecule has 0 aliphatic rings. The Morgan fingerprint density at radius 2 is 1.56 bits per heavy atom. The predicted molar refractivity (Wildman–Crippen MR) is 72.4 cm³/mol. The maximum Gasteiger partial charge on any atom is 0.0184 e. The van der Waals surface area contributed by atoms with Crippen LogP contribution in [0.15, 0.2) is 54.6 Å². The van der Waals surface area contributed by atoms with Gasteiger partial charge in [-0.25, -0.2) is 0 Å². The highest BCUT2D eigenvalue weighted by atomic mass is 31.1. The van der Waals surface area contributed by atoms with Crippen molar-refractivity contribution in [1.82, 2.24) is 0 Å². The average Bonchev–Trinajstić information content (AvgIpc) is 2.38. The first-order valence-corrected chi connectivity index (χ1v) is 6.66. The minimum absolute atomic E-state index is 0.637. The lowest BCUT2D eigenvalue weighted by atomic mass is 10.2. The lowest BCUT2D eigenvalue weighted by Gasteiger charge is -2.07. The molecule has 2 rings (SSSR count). The molecule has 0 aliphatic carbocycles. The Bertz CT molecular complexity index is 439. The molecule has 2 heteroatoms. The van der Waals surface area contributed by atoms with Crippen molar-refractivity contribution < 1.29 is 0 Å². The summed E-state index contributed by atoms with van der Waals surface area (Å²) in [7, 11) is 0.808. The van der Waals surface area contributed by atoms with Gasteiger partial charge < -0.3 is 5.73 Å². The molecule has 1 nitrogen and oxygen atoms in total. The van der Waals surface area contributed by atoms with Crippen LogP contribution in [-0.2, 0) is 12.7 Å². The third kappa shape index (κ3) is 2.91. The average molecular weight is 229 g/mol. The SMILES string of the molecule is NCc1ccccc1PCc1ccccc1. The Hall–Kier alpha value is -1.17. The molecule has 82 valence electrons. The van der Waals surface area contributed by atoms with Crippen molar-refractivity contribution in [3.8, 4) is 0 Å². The largest absolute Gasteiger partial charge is 0.326 e. The van der Waals surface area contributed by atoms with E-state index in [2.05, 4.69) is 54.6 Å². The van der Waals surface area contributed by atoms with Crippen LogP contribution in [0.2, 0.25) is 0 Å². The van der Waals surface area contributed by atoms with E-state index in [0.717, 1.165) is 14.7 Å². The molecule has 1 atom stereocenters. The van der Waals surface area contributed by atoms with E-state index >= 15 is 0 Å². The Balaban J connectivity index is 2.05. The van der Waals surface area contributed by atoms with Gasteiger partial charge in [0.05, 0.1) is 0 Å². The number of hydrogen-bond donors (Lipinski definition) is 1. The molecule has 0 aromatic heterocycles. The van der Waals surface area contributed by atoms with Crippen LogP contribution in [0.5, 0.6) is 0 Å². The predicted octanol–water partition coefficient (Wildman–Crippen LogP) is 2.65. The second-order valence-electron chi connectivity index (χ2n) is 3.70. The molecule has 0 spiro atoms. The van der Waals surface area contributed by atoms with E-state index in [1.807, 2.05) is 0 Å². The van der Waals surface area contributed by atoms with Crippen molar-refractivity contribution in [2.45, 2.75) is 12.7 Å². The zero-order valence-corrected chi connectivity index (χ0v) is 10.2. The third-order valence-electron chi connectivity index (χ3n) is 2.56. The number of benzene rings is 2. The number of rotatable bonds is 4. The van der Waals surface area contributed by atoms with Crippen molar-refractivity contribution in [1.29, 1.82) is 0 Å². The fourth-order valence-electron chi connectivity index (χ4n) is 1.66. The van der Waals surface area contributed by atoms with Crippen LogP contribution in [0.1, 0.15) is 11.1 Å². The lowest BCUT2D eigenvalue weighted by molar-refractivity contribution is 1.08. The summed E-state index contributed by atoms with van der Waals surface area (Å²) in [6.45, 7) is 0.637. The van der Waals surface area contributed by atoms with Gasteiger partial charge in [0.2, 0.25) is 0 Å². The Morgan fingerprint density at radius 1 is 0.875 bits per heavy atom. The summed E-state index contributed by atoms with van der Waals surface area (Å²) in [5.74, 6) is 0. The van der Waals surface area contributed by atoms with E-state index in [9.17, 15) is 0 Å². The smallest absolute Gasteiger partial charge is 0.0184 e. The van der Waals surface area contributed by atoms with Gasteiger partial charge >= 0.3 is 0 Å². The van der Waals surface area contributed by atoms with E-state index in [0.29, 0.717) is 6.54 Å². The highest BCUT2D eigenvalue weighted by Gasteiger charge is 1.99. The van der Waals surface area contributed by atoms with Crippen LogP contribution in [0.25, 0.3) is 0 Å². The first kappa shape index (κ1) is 11.3. The van der Waals surface area contributed by atoms with Crippen molar-refractivity contribution in [3.63, 3.8) is 0 Å². The molecule has 0 aliphatic heterocycles. The van der Waals surface area contributed by atoms with Crippen molar-refractivity contribution >= 4 is 13.9 Å². The van der Waals surface area contributed by atoms with Gasteiger partial charge in [-0.2, -0.15) is 0 Å². The van der Waals surface area contributed by atoms with E-state index in [4.69, 9.17) is 5.73 Å². The second kappa shape index (κ2) is 5.79. The first-order chi connectivity index (χ1) is 7.90. The monoisotopic (exact) mass is 229 g/mol. The number of hydrogen-bond acceptors (Lipinski definition) is 1. The minimum Gasteiger partial charge on any atom is -0.326 e. The number of nitrogens with two attached hydrogens (primary N) is 1. The van der Waals surface area contributed by atoms with E-state index in [1.54, 1.807) is 0 Å². The topological polar surface area (TPSA) is 26.0 Å². The van der Waals surface area contributed by atoms with Crippen LogP contribution in [0.4, 0.5) is 0 Å². The molecule has 2 aromatic carbocycles. The van der Waals surface area contributed by atoms with Crippen LogP contribution >= 0.6 is 8.58 Å². The van der Waals surface area contributed by atoms with Crippen LogP contribution in [-0.4, -0.2) is 0 Å². The summed E-state index contributed by atoms with van der Waals surface area (Å²) in [5, 5.41) is 1.40. The Kier molecular flexibility index (Phi) is 4.10. The van der Waals surface area contributed by atoms with E-state index in [1.165, 1.54) is 16.4 Å². The third-order valence-corrected chi connectivity index (χ3v) is 4.02. The van der Waals surface area contributed by atoms with Crippen molar-refractivity contribution in [2.75, 3.05) is 0 Å². The van der Waals surface area contributed by atoms with Gasteiger partial charge in [0.25, 0.3) is 0 Å². The van der Waals surface area contributed by atoms with Crippen LogP contribution in [0.3, 0.4) is 0 Å². The fourth-order valence-corrected chi connectivity index (χ4v) is 2.92. The minimum atomic E-state index is 0.637. The van der Waals surface area contributed by atoms with E-state index < -0.39 is 0 Å². The molecule has 0 saturated carbocycles. The second-order valence-corrected chi connectivity index (χ2v) is 4.95. The summed E-state index contributed by atoms with van der Waals surface area (Å²) in [6.07, 6.45) is 1.11. The van der Waals surface area contributed by atoms with Gasteiger partial charge in [-0.15, -0.1) is 0 Å². The van der Waals surface area contributed by atoms with Crippen LogP contribution in [0, 0.1) is 0 Å². The fraction of sp³-hybridized carbons (Fsp3) is 0.143. The highest BCUT2D eigenvalue weighted by Crippen LogP contribution is 2.19. The molecule has 0 heterocycles. The van der Waals surface area contributed by atoms with Crippen LogP contribution < -0.4 is 11.0 Å². The molecule has 1 unspecified atom stereocenters. The van der Waals surface area contributed by atoms with Gasteiger partial charge in [0.1, 0.15) is 0 Å². The van der Waals surface area contributed by atoms with Crippen molar-refractivity contribution in [2.24, 2.45) is 5.73 Å². The molecule has 0 fully saturated rings. The van der Waals surface area contributed by atoms with Gasteiger partial charge in [0, 0.05) is 6.54 Å². The molecule has 0 radical (unpaired) electrons.